The number of ketones is 1. The Balaban J connectivity index is 2.02. The van der Waals surface area contributed by atoms with Gasteiger partial charge in [0.15, 0.2) is 5.78 Å². The van der Waals surface area contributed by atoms with Crippen molar-refractivity contribution in [3.8, 4) is 0 Å². The SMILES string of the molecule is CC(=O)COC(=O)C=Cc1ccc(S(=O)(=O)N2CCOCC2)cc1. The molecule has 2 rings (SSSR count). The molecular weight excluding hydrogens is 334 g/mol. The van der Waals surface area contributed by atoms with Crippen LogP contribution in [0.3, 0.4) is 0 Å². The van der Waals surface area contributed by atoms with Crippen molar-refractivity contribution < 1.29 is 27.5 Å². The van der Waals surface area contributed by atoms with Gasteiger partial charge in [-0.2, -0.15) is 4.31 Å². The van der Waals surface area contributed by atoms with Crippen LogP contribution in [0.25, 0.3) is 6.08 Å². The second-order valence-electron chi connectivity index (χ2n) is 5.23. The summed E-state index contributed by atoms with van der Waals surface area (Å²) in [7, 11) is -3.53. The zero-order valence-electron chi connectivity index (χ0n) is 13.3. The van der Waals surface area contributed by atoms with Gasteiger partial charge < -0.3 is 9.47 Å². The summed E-state index contributed by atoms with van der Waals surface area (Å²) in [5.74, 6) is -0.871. The summed E-state index contributed by atoms with van der Waals surface area (Å²) in [6.45, 7) is 2.52. The number of hydrogen-bond acceptors (Lipinski definition) is 6. The Morgan fingerprint density at radius 3 is 2.42 bits per heavy atom. The van der Waals surface area contributed by atoms with Gasteiger partial charge in [0, 0.05) is 19.2 Å². The number of benzene rings is 1. The van der Waals surface area contributed by atoms with E-state index in [0.717, 1.165) is 0 Å². The molecule has 0 aromatic heterocycles. The van der Waals surface area contributed by atoms with E-state index >= 15 is 0 Å². The molecule has 0 amide bonds. The van der Waals surface area contributed by atoms with Crippen molar-refractivity contribution in [2.75, 3.05) is 32.9 Å². The van der Waals surface area contributed by atoms with E-state index in [0.29, 0.717) is 31.9 Å². The molecule has 0 spiro atoms. The van der Waals surface area contributed by atoms with Crippen molar-refractivity contribution in [3.63, 3.8) is 0 Å². The minimum atomic E-state index is -3.53. The van der Waals surface area contributed by atoms with Gasteiger partial charge in [0.25, 0.3) is 0 Å². The Kier molecular flexibility index (Phi) is 6.24. The van der Waals surface area contributed by atoms with E-state index in [1.54, 1.807) is 12.1 Å². The fraction of sp³-hybridized carbons (Fsp3) is 0.375. The van der Waals surface area contributed by atoms with Gasteiger partial charge in [0.2, 0.25) is 10.0 Å². The van der Waals surface area contributed by atoms with Crippen molar-refractivity contribution in [3.05, 3.63) is 35.9 Å². The second kappa shape index (κ2) is 8.18. The molecule has 0 aliphatic carbocycles. The van der Waals surface area contributed by atoms with E-state index in [1.807, 2.05) is 0 Å². The molecule has 0 atom stereocenters. The van der Waals surface area contributed by atoms with Crippen molar-refractivity contribution in [1.82, 2.24) is 4.31 Å². The maximum absolute atomic E-state index is 12.5. The molecule has 24 heavy (non-hydrogen) atoms. The summed E-state index contributed by atoms with van der Waals surface area (Å²) in [5, 5.41) is 0. The molecule has 1 fully saturated rings. The Labute approximate surface area is 140 Å². The summed E-state index contributed by atoms with van der Waals surface area (Å²) < 4.78 is 36.2. The number of nitrogens with zero attached hydrogens (tertiary/aromatic N) is 1. The Morgan fingerprint density at radius 2 is 1.83 bits per heavy atom. The highest BCUT2D eigenvalue weighted by molar-refractivity contribution is 7.89. The van der Waals surface area contributed by atoms with Gasteiger partial charge in [-0.15, -0.1) is 0 Å². The Hall–Kier alpha value is -2.03. The van der Waals surface area contributed by atoms with E-state index in [1.165, 1.54) is 35.5 Å². The standard InChI is InChI=1S/C16H19NO6S/c1-13(18)12-23-16(19)7-4-14-2-5-15(6-3-14)24(20,21)17-8-10-22-11-9-17/h2-7H,8-12H2,1H3. The summed E-state index contributed by atoms with van der Waals surface area (Å²) in [5.41, 5.74) is 0.649. The number of carbonyl (C=O) groups is 2. The van der Waals surface area contributed by atoms with Crippen molar-refractivity contribution in [2.24, 2.45) is 0 Å². The average Bonchev–Trinajstić information content (AvgIpc) is 2.59. The van der Waals surface area contributed by atoms with Gasteiger partial charge >= 0.3 is 5.97 Å². The van der Waals surface area contributed by atoms with Gasteiger partial charge in [-0.25, -0.2) is 13.2 Å². The first-order valence-electron chi connectivity index (χ1n) is 7.42. The topological polar surface area (TPSA) is 90.0 Å². The highest BCUT2D eigenvalue weighted by Crippen LogP contribution is 2.18. The molecule has 0 unspecified atom stereocenters. The lowest BCUT2D eigenvalue weighted by Crippen LogP contribution is -2.40. The molecule has 0 N–H and O–H groups in total. The maximum Gasteiger partial charge on any atom is 0.331 e. The maximum atomic E-state index is 12.5. The molecule has 1 heterocycles. The average molecular weight is 353 g/mol. The second-order valence-corrected chi connectivity index (χ2v) is 7.17. The molecule has 8 heteroatoms. The number of Topliss-reactive ketones (excluding diaryl/α,β-unsaturated/α-hetero) is 1. The number of sulfonamides is 1. The molecule has 0 bridgehead atoms. The predicted octanol–water partition coefficient (Wildman–Crippen LogP) is 0.853. The number of morpholine rings is 1. The highest BCUT2D eigenvalue weighted by Gasteiger charge is 2.25. The van der Waals surface area contributed by atoms with Crippen molar-refractivity contribution >= 4 is 27.9 Å². The first kappa shape index (κ1) is 18.3. The van der Waals surface area contributed by atoms with Crippen LogP contribution in [-0.2, 0) is 29.1 Å². The predicted molar refractivity (Wildman–Crippen MR) is 86.7 cm³/mol. The third-order valence-electron chi connectivity index (χ3n) is 3.32. The van der Waals surface area contributed by atoms with Crippen molar-refractivity contribution in [2.45, 2.75) is 11.8 Å². The summed E-state index contributed by atoms with van der Waals surface area (Å²) >= 11 is 0. The highest BCUT2D eigenvalue weighted by atomic mass is 32.2. The molecule has 1 aromatic rings. The molecule has 1 aromatic carbocycles. The van der Waals surface area contributed by atoms with E-state index in [9.17, 15) is 18.0 Å². The van der Waals surface area contributed by atoms with Crippen molar-refractivity contribution in [1.29, 1.82) is 0 Å². The zero-order chi connectivity index (χ0) is 17.6. The Morgan fingerprint density at radius 1 is 1.21 bits per heavy atom. The quantitative estimate of drug-likeness (QED) is 0.556. The molecular formula is C16H19NO6S. The number of ether oxygens (including phenoxy) is 2. The fourth-order valence-electron chi connectivity index (χ4n) is 2.07. The normalized spacial score (nSPS) is 16.2. The van der Waals surface area contributed by atoms with Crippen LogP contribution in [0.1, 0.15) is 12.5 Å². The minimum Gasteiger partial charge on any atom is -0.455 e. The monoisotopic (exact) mass is 353 g/mol. The molecule has 1 aliphatic heterocycles. The van der Waals surface area contributed by atoms with Gasteiger partial charge in [-0.05, 0) is 30.7 Å². The van der Waals surface area contributed by atoms with E-state index in [4.69, 9.17) is 9.47 Å². The molecule has 7 nitrogen and oxygen atoms in total. The van der Waals surface area contributed by atoms with Crippen LogP contribution in [0.15, 0.2) is 35.2 Å². The molecule has 0 radical (unpaired) electrons. The van der Waals surface area contributed by atoms with Crippen LogP contribution in [0.4, 0.5) is 0 Å². The van der Waals surface area contributed by atoms with Gasteiger partial charge in [-0.1, -0.05) is 12.1 Å². The lowest BCUT2D eigenvalue weighted by Gasteiger charge is -2.26. The van der Waals surface area contributed by atoms with Crippen LogP contribution in [0.5, 0.6) is 0 Å². The fourth-order valence-corrected chi connectivity index (χ4v) is 3.48. The van der Waals surface area contributed by atoms with Crippen LogP contribution in [0.2, 0.25) is 0 Å². The summed E-state index contributed by atoms with van der Waals surface area (Å²) in [6.07, 6.45) is 2.68. The summed E-state index contributed by atoms with van der Waals surface area (Å²) in [6, 6.07) is 6.18. The largest absolute Gasteiger partial charge is 0.455 e. The van der Waals surface area contributed by atoms with E-state index < -0.39 is 16.0 Å². The van der Waals surface area contributed by atoms with Gasteiger partial charge in [-0.3, -0.25) is 4.79 Å². The first-order valence-corrected chi connectivity index (χ1v) is 8.86. The third-order valence-corrected chi connectivity index (χ3v) is 5.23. The van der Waals surface area contributed by atoms with Crippen LogP contribution in [-0.4, -0.2) is 57.4 Å². The number of rotatable bonds is 6. The van der Waals surface area contributed by atoms with Gasteiger partial charge in [0.05, 0.1) is 18.1 Å². The van der Waals surface area contributed by atoms with Crippen LogP contribution < -0.4 is 0 Å². The molecule has 1 saturated heterocycles. The number of carbonyl (C=O) groups excluding carboxylic acids is 2. The molecule has 0 saturated carbocycles. The Bertz CT molecular complexity index is 717. The van der Waals surface area contributed by atoms with E-state index in [-0.39, 0.29) is 17.3 Å². The zero-order valence-corrected chi connectivity index (χ0v) is 14.1. The van der Waals surface area contributed by atoms with Crippen LogP contribution in [0, 0.1) is 0 Å². The lowest BCUT2D eigenvalue weighted by atomic mass is 10.2. The molecule has 130 valence electrons. The summed E-state index contributed by atoms with van der Waals surface area (Å²) in [4.78, 5) is 22.3. The third kappa shape index (κ3) is 4.98. The number of esters is 1. The molecule has 1 aliphatic rings. The minimum absolute atomic E-state index is 0.195. The number of hydrogen-bond donors (Lipinski definition) is 0. The van der Waals surface area contributed by atoms with Gasteiger partial charge in [0.1, 0.15) is 6.61 Å². The first-order chi connectivity index (χ1) is 11.4. The smallest absolute Gasteiger partial charge is 0.331 e. The lowest BCUT2D eigenvalue weighted by molar-refractivity contribution is -0.142. The van der Waals surface area contributed by atoms with Crippen LogP contribution >= 0.6 is 0 Å². The van der Waals surface area contributed by atoms with E-state index in [2.05, 4.69) is 0 Å².